The van der Waals surface area contributed by atoms with Gasteiger partial charge in [-0.15, -0.1) is 0 Å². The van der Waals surface area contributed by atoms with Crippen LogP contribution in [0.15, 0.2) is 0 Å². The van der Waals surface area contributed by atoms with Gasteiger partial charge in [0.2, 0.25) is 0 Å². The molecule has 0 rings (SSSR count). The molecule has 0 aliphatic carbocycles. The van der Waals surface area contributed by atoms with Crippen LogP contribution in [0.2, 0.25) is 0 Å². The van der Waals surface area contributed by atoms with E-state index in [1.807, 2.05) is 0 Å². The van der Waals surface area contributed by atoms with Crippen molar-refractivity contribution in [3.63, 3.8) is 0 Å². The SMILES string of the molecule is CCOC(=O)CCCNC#N. The second-order valence-corrected chi connectivity index (χ2v) is 1.95. The van der Waals surface area contributed by atoms with Crippen molar-refractivity contribution < 1.29 is 9.53 Å². The average molecular weight is 156 g/mol. The van der Waals surface area contributed by atoms with Crippen LogP contribution >= 0.6 is 0 Å². The maximum atomic E-state index is 10.7. The van der Waals surface area contributed by atoms with Gasteiger partial charge >= 0.3 is 5.97 Å². The molecule has 1 N–H and O–H groups in total. The van der Waals surface area contributed by atoms with E-state index in [4.69, 9.17) is 5.26 Å². The molecule has 0 amide bonds. The van der Waals surface area contributed by atoms with E-state index in [9.17, 15) is 4.79 Å². The number of nitrogens with zero attached hydrogens (tertiary/aromatic N) is 1. The Kier molecular flexibility index (Phi) is 6.10. The zero-order valence-electron chi connectivity index (χ0n) is 6.59. The summed E-state index contributed by atoms with van der Waals surface area (Å²) in [6, 6.07) is 0. The van der Waals surface area contributed by atoms with Gasteiger partial charge < -0.3 is 10.1 Å². The second kappa shape index (κ2) is 6.87. The molecule has 0 heterocycles. The van der Waals surface area contributed by atoms with Crippen molar-refractivity contribution in [2.24, 2.45) is 0 Å². The highest BCUT2D eigenvalue weighted by atomic mass is 16.5. The standard InChI is InChI=1S/C7H12N2O2/c1-2-11-7(10)4-3-5-9-6-8/h9H,2-5H2,1H3. The van der Waals surface area contributed by atoms with Crippen LogP contribution in [0.3, 0.4) is 0 Å². The summed E-state index contributed by atoms with van der Waals surface area (Å²) in [7, 11) is 0. The molecule has 0 aliphatic heterocycles. The van der Waals surface area contributed by atoms with E-state index in [1.165, 1.54) is 0 Å². The molecule has 0 spiro atoms. The molecule has 4 nitrogen and oxygen atoms in total. The first-order chi connectivity index (χ1) is 5.31. The summed E-state index contributed by atoms with van der Waals surface area (Å²) in [6.45, 7) is 2.73. The lowest BCUT2D eigenvalue weighted by molar-refractivity contribution is -0.143. The summed E-state index contributed by atoms with van der Waals surface area (Å²) in [5, 5.41) is 10.5. The number of nitrogens with one attached hydrogen (secondary N) is 1. The summed E-state index contributed by atoms with van der Waals surface area (Å²) in [5.41, 5.74) is 0. The fraction of sp³-hybridized carbons (Fsp3) is 0.714. The highest BCUT2D eigenvalue weighted by Crippen LogP contribution is 1.90. The average Bonchev–Trinajstić information content (AvgIpc) is 1.99. The smallest absolute Gasteiger partial charge is 0.305 e. The quantitative estimate of drug-likeness (QED) is 0.271. The Hall–Kier alpha value is -1.24. The molecule has 0 aliphatic rings. The molecule has 0 saturated heterocycles. The van der Waals surface area contributed by atoms with Crippen LogP contribution in [0.25, 0.3) is 0 Å². The van der Waals surface area contributed by atoms with E-state index in [1.54, 1.807) is 13.1 Å². The van der Waals surface area contributed by atoms with Crippen molar-refractivity contribution >= 4 is 5.97 Å². The number of carbonyl (C=O) groups is 1. The van der Waals surface area contributed by atoms with Crippen LogP contribution < -0.4 is 5.32 Å². The van der Waals surface area contributed by atoms with Crippen molar-refractivity contribution in [2.45, 2.75) is 19.8 Å². The lowest BCUT2D eigenvalue weighted by atomic mass is 10.3. The van der Waals surface area contributed by atoms with Gasteiger partial charge in [-0.25, -0.2) is 0 Å². The highest BCUT2D eigenvalue weighted by molar-refractivity contribution is 5.69. The van der Waals surface area contributed by atoms with Crippen molar-refractivity contribution in [1.29, 1.82) is 5.26 Å². The number of ether oxygens (including phenoxy) is 1. The van der Waals surface area contributed by atoms with Gasteiger partial charge in [-0.05, 0) is 13.3 Å². The first-order valence-electron chi connectivity index (χ1n) is 3.58. The Bertz CT molecular complexity index is 151. The summed E-state index contributed by atoms with van der Waals surface area (Å²) >= 11 is 0. The van der Waals surface area contributed by atoms with Gasteiger partial charge in [0.1, 0.15) is 0 Å². The van der Waals surface area contributed by atoms with Gasteiger partial charge in [-0.2, -0.15) is 5.26 Å². The van der Waals surface area contributed by atoms with Crippen LogP contribution in [0, 0.1) is 11.5 Å². The first-order valence-corrected chi connectivity index (χ1v) is 3.58. The van der Waals surface area contributed by atoms with Crippen LogP contribution in [0.1, 0.15) is 19.8 Å². The molecule has 0 saturated carbocycles. The minimum atomic E-state index is -0.202. The normalized spacial score (nSPS) is 8.36. The van der Waals surface area contributed by atoms with Gasteiger partial charge in [-0.1, -0.05) is 0 Å². The van der Waals surface area contributed by atoms with E-state index in [0.717, 1.165) is 0 Å². The van der Waals surface area contributed by atoms with Gasteiger partial charge in [0, 0.05) is 13.0 Å². The molecule has 62 valence electrons. The number of carbonyl (C=O) groups excluding carboxylic acids is 1. The number of nitriles is 1. The Labute approximate surface area is 66.1 Å². The third-order valence-corrected chi connectivity index (χ3v) is 1.07. The lowest BCUT2D eigenvalue weighted by Gasteiger charge is -1.99. The maximum Gasteiger partial charge on any atom is 0.305 e. The monoisotopic (exact) mass is 156 g/mol. The van der Waals surface area contributed by atoms with Crippen LogP contribution in [0.4, 0.5) is 0 Å². The molecule has 0 radical (unpaired) electrons. The molecule has 0 atom stereocenters. The van der Waals surface area contributed by atoms with Crippen LogP contribution in [0.5, 0.6) is 0 Å². The molecule has 11 heavy (non-hydrogen) atoms. The summed E-state index contributed by atoms with van der Waals surface area (Å²) in [5.74, 6) is -0.202. The van der Waals surface area contributed by atoms with Crippen molar-refractivity contribution in [3.8, 4) is 6.19 Å². The molecular formula is C7H12N2O2. The van der Waals surface area contributed by atoms with E-state index in [-0.39, 0.29) is 5.97 Å². The van der Waals surface area contributed by atoms with E-state index in [2.05, 4.69) is 10.1 Å². The molecule has 0 fully saturated rings. The largest absolute Gasteiger partial charge is 0.466 e. The van der Waals surface area contributed by atoms with Gasteiger partial charge in [0.05, 0.1) is 6.61 Å². The summed E-state index contributed by atoms with van der Waals surface area (Å²) in [6.07, 6.45) is 2.79. The fourth-order valence-corrected chi connectivity index (χ4v) is 0.610. The topological polar surface area (TPSA) is 62.1 Å². The Morgan fingerprint density at radius 2 is 2.45 bits per heavy atom. The highest BCUT2D eigenvalue weighted by Gasteiger charge is 1.98. The van der Waals surface area contributed by atoms with E-state index in [0.29, 0.717) is 26.0 Å². The Morgan fingerprint density at radius 3 is 3.00 bits per heavy atom. The zero-order valence-corrected chi connectivity index (χ0v) is 6.59. The number of hydrogen-bond acceptors (Lipinski definition) is 4. The molecule has 0 aromatic carbocycles. The molecule has 0 aromatic rings. The predicted molar refractivity (Wildman–Crippen MR) is 39.5 cm³/mol. The van der Waals surface area contributed by atoms with Gasteiger partial charge in [0.15, 0.2) is 6.19 Å². The lowest BCUT2D eigenvalue weighted by Crippen LogP contribution is -2.11. The zero-order chi connectivity index (χ0) is 8.53. The Balaban J connectivity index is 3.12. The van der Waals surface area contributed by atoms with E-state index < -0.39 is 0 Å². The fourth-order valence-electron chi connectivity index (χ4n) is 0.610. The first kappa shape index (κ1) is 9.76. The molecular weight excluding hydrogens is 144 g/mol. The van der Waals surface area contributed by atoms with Crippen LogP contribution in [-0.4, -0.2) is 19.1 Å². The second-order valence-electron chi connectivity index (χ2n) is 1.95. The summed E-state index contributed by atoms with van der Waals surface area (Å²) < 4.78 is 4.67. The number of esters is 1. The van der Waals surface area contributed by atoms with Gasteiger partial charge in [-0.3, -0.25) is 4.79 Å². The van der Waals surface area contributed by atoms with Crippen molar-refractivity contribution in [2.75, 3.05) is 13.2 Å². The minimum absolute atomic E-state index is 0.202. The van der Waals surface area contributed by atoms with E-state index >= 15 is 0 Å². The maximum absolute atomic E-state index is 10.7. The number of hydrogen-bond donors (Lipinski definition) is 1. The third-order valence-electron chi connectivity index (χ3n) is 1.07. The number of rotatable bonds is 5. The van der Waals surface area contributed by atoms with Crippen molar-refractivity contribution in [3.05, 3.63) is 0 Å². The molecule has 0 bridgehead atoms. The Morgan fingerprint density at radius 1 is 1.73 bits per heavy atom. The molecule has 4 heteroatoms. The molecule has 0 unspecified atom stereocenters. The molecule has 0 aromatic heterocycles. The van der Waals surface area contributed by atoms with Gasteiger partial charge in [0.25, 0.3) is 0 Å². The minimum Gasteiger partial charge on any atom is -0.466 e. The van der Waals surface area contributed by atoms with Crippen LogP contribution in [-0.2, 0) is 9.53 Å². The van der Waals surface area contributed by atoms with Crippen molar-refractivity contribution in [1.82, 2.24) is 5.32 Å². The predicted octanol–water partition coefficient (Wildman–Crippen LogP) is 0.400. The third kappa shape index (κ3) is 6.65. The summed E-state index contributed by atoms with van der Waals surface area (Å²) in [4.78, 5) is 10.7.